The standard InChI is InChI=1S/C23H22N4O6S/c1-30-15-8-14(9-16(11-15)31-2)22(29)27-7-3-4-17(27)20(28)24-23-26-25-21(34-23)13-5-6-18-19(10-13)33-12-32-18/h5-6,8-11,17H,3-4,7,12H2,1-2H3,(H,24,26,28)/t17-/m1/s1. The van der Waals surface area contributed by atoms with Crippen LogP contribution in [0.1, 0.15) is 23.2 Å². The van der Waals surface area contributed by atoms with E-state index in [0.29, 0.717) is 51.7 Å². The third kappa shape index (κ3) is 4.21. The summed E-state index contributed by atoms with van der Waals surface area (Å²) in [6, 6.07) is 9.86. The van der Waals surface area contributed by atoms with Crippen LogP contribution >= 0.6 is 11.3 Å². The van der Waals surface area contributed by atoms with Gasteiger partial charge in [-0.25, -0.2) is 0 Å². The largest absolute Gasteiger partial charge is 0.497 e. The van der Waals surface area contributed by atoms with Gasteiger partial charge in [0.05, 0.1) is 14.2 Å². The Morgan fingerprint density at radius 3 is 2.59 bits per heavy atom. The summed E-state index contributed by atoms with van der Waals surface area (Å²) in [5.41, 5.74) is 1.21. The fraction of sp³-hybridized carbons (Fsp3) is 0.304. The van der Waals surface area contributed by atoms with E-state index in [-0.39, 0.29) is 18.6 Å². The highest BCUT2D eigenvalue weighted by Gasteiger charge is 2.35. The lowest BCUT2D eigenvalue weighted by atomic mass is 10.1. The second kappa shape index (κ2) is 9.18. The van der Waals surface area contributed by atoms with Crippen molar-refractivity contribution < 1.29 is 28.5 Å². The maximum Gasteiger partial charge on any atom is 0.254 e. The molecule has 2 aliphatic rings. The van der Waals surface area contributed by atoms with Crippen LogP contribution in [0.5, 0.6) is 23.0 Å². The molecule has 0 spiro atoms. The van der Waals surface area contributed by atoms with E-state index in [0.717, 1.165) is 12.0 Å². The van der Waals surface area contributed by atoms with Crippen molar-refractivity contribution >= 4 is 28.3 Å². The van der Waals surface area contributed by atoms with Crippen LogP contribution < -0.4 is 24.3 Å². The van der Waals surface area contributed by atoms with Crippen LogP contribution in [-0.4, -0.2) is 60.5 Å². The SMILES string of the molecule is COc1cc(OC)cc(C(=O)N2CCC[C@@H]2C(=O)Nc2nnc(-c3ccc4c(c3)OCO4)s2)c1. The molecule has 176 valence electrons. The summed E-state index contributed by atoms with van der Waals surface area (Å²) in [4.78, 5) is 27.8. The van der Waals surface area contributed by atoms with Crippen molar-refractivity contribution in [1.82, 2.24) is 15.1 Å². The molecule has 11 heteroatoms. The summed E-state index contributed by atoms with van der Waals surface area (Å²) in [6.45, 7) is 0.671. The number of benzene rings is 2. The topological polar surface area (TPSA) is 112 Å². The minimum Gasteiger partial charge on any atom is -0.497 e. The van der Waals surface area contributed by atoms with E-state index in [1.165, 1.54) is 25.6 Å². The summed E-state index contributed by atoms with van der Waals surface area (Å²) >= 11 is 1.25. The lowest BCUT2D eigenvalue weighted by molar-refractivity contribution is -0.119. The molecule has 1 fully saturated rings. The van der Waals surface area contributed by atoms with Crippen molar-refractivity contribution in [2.45, 2.75) is 18.9 Å². The van der Waals surface area contributed by atoms with Crippen LogP contribution in [-0.2, 0) is 4.79 Å². The minimum atomic E-state index is -0.609. The summed E-state index contributed by atoms with van der Waals surface area (Å²) in [5, 5.41) is 12.1. The van der Waals surface area contributed by atoms with Crippen molar-refractivity contribution in [1.29, 1.82) is 0 Å². The number of hydrogen-bond donors (Lipinski definition) is 1. The number of nitrogens with one attached hydrogen (secondary N) is 1. The fourth-order valence-electron chi connectivity index (χ4n) is 3.99. The summed E-state index contributed by atoms with van der Waals surface area (Å²) < 4.78 is 21.3. The van der Waals surface area contributed by atoms with E-state index in [2.05, 4.69) is 15.5 Å². The van der Waals surface area contributed by atoms with Gasteiger partial charge in [0.15, 0.2) is 11.5 Å². The van der Waals surface area contributed by atoms with Gasteiger partial charge in [-0.3, -0.25) is 14.9 Å². The maximum atomic E-state index is 13.2. The molecule has 0 radical (unpaired) electrons. The zero-order chi connectivity index (χ0) is 23.7. The lowest BCUT2D eigenvalue weighted by Crippen LogP contribution is -2.43. The van der Waals surface area contributed by atoms with Crippen LogP contribution in [0.15, 0.2) is 36.4 Å². The highest BCUT2D eigenvalue weighted by Crippen LogP contribution is 2.37. The Hall–Kier alpha value is -3.86. The molecule has 0 aliphatic carbocycles. The molecule has 3 aromatic rings. The van der Waals surface area contributed by atoms with Gasteiger partial charge in [0.1, 0.15) is 22.5 Å². The van der Waals surface area contributed by atoms with Gasteiger partial charge in [-0.1, -0.05) is 11.3 Å². The number of anilines is 1. The van der Waals surface area contributed by atoms with Gasteiger partial charge in [-0.05, 0) is 43.2 Å². The normalized spacial score (nSPS) is 16.4. The summed E-state index contributed by atoms with van der Waals surface area (Å²) in [5.74, 6) is 1.79. The molecule has 3 heterocycles. The van der Waals surface area contributed by atoms with Crippen molar-refractivity contribution in [3.8, 4) is 33.6 Å². The first-order valence-corrected chi connectivity index (χ1v) is 11.5. The van der Waals surface area contributed by atoms with Crippen molar-refractivity contribution in [2.24, 2.45) is 0 Å². The van der Waals surface area contributed by atoms with Gasteiger partial charge in [0.25, 0.3) is 5.91 Å². The predicted octanol–water partition coefficient (Wildman–Crippen LogP) is 3.19. The Morgan fingerprint density at radius 2 is 1.82 bits per heavy atom. The Balaban J connectivity index is 1.30. The Bertz CT molecular complexity index is 1220. The smallest absolute Gasteiger partial charge is 0.254 e. The van der Waals surface area contributed by atoms with Gasteiger partial charge in [-0.15, -0.1) is 10.2 Å². The summed E-state index contributed by atoms with van der Waals surface area (Å²) in [7, 11) is 3.05. The van der Waals surface area contributed by atoms with Crippen LogP contribution in [0.3, 0.4) is 0 Å². The number of carbonyl (C=O) groups is 2. The van der Waals surface area contributed by atoms with Gasteiger partial charge in [0.2, 0.25) is 17.8 Å². The number of amides is 2. The number of fused-ring (bicyclic) bond motifs is 1. The Labute approximate surface area is 199 Å². The average molecular weight is 483 g/mol. The molecule has 1 N–H and O–H groups in total. The number of hydrogen-bond acceptors (Lipinski definition) is 9. The molecule has 2 aliphatic heterocycles. The fourth-order valence-corrected chi connectivity index (χ4v) is 4.73. The second-order valence-corrected chi connectivity index (χ2v) is 8.71. The number of ether oxygens (including phenoxy) is 4. The highest BCUT2D eigenvalue weighted by molar-refractivity contribution is 7.18. The third-order valence-electron chi connectivity index (χ3n) is 5.69. The number of carbonyl (C=O) groups excluding carboxylic acids is 2. The number of likely N-dealkylation sites (tertiary alicyclic amines) is 1. The maximum absolute atomic E-state index is 13.2. The molecule has 0 saturated carbocycles. The molecule has 1 saturated heterocycles. The van der Waals surface area contributed by atoms with Gasteiger partial charge >= 0.3 is 0 Å². The van der Waals surface area contributed by atoms with Crippen LogP contribution in [0.2, 0.25) is 0 Å². The number of aromatic nitrogens is 2. The zero-order valence-electron chi connectivity index (χ0n) is 18.6. The molecule has 0 bridgehead atoms. The Kier molecular flexibility index (Phi) is 5.93. The molecular formula is C23H22N4O6S. The quantitative estimate of drug-likeness (QED) is 0.570. The first-order chi connectivity index (χ1) is 16.6. The zero-order valence-corrected chi connectivity index (χ0v) is 19.4. The molecule has 1 atom stereocenters. The molecule has 34 heavy (non-hydrogen) atoms. The molecule has 5 rings (SSSR count). The summed E-state index contributed by atoms with van der Waals surface area (Å²) in [6.07, 6.45) is 1.29. The van der Waals surface area contributed by atoms with Gasteiger partial charge in [0, 0.05) is 23.7 Å². The molecule has 2 aromatic carbocycles. The average Bonchev–Trinajstić information content (AvgIpc) is 3.63. The van der Waals surface area contributed by atoms with Gasteiger partial charge in [-0.2, -0.15) is 0 Å². The van der Waals surface area contributed by atoms with E-state index in [1.54, 1.807) is 23.1 Å². The first kappa shape index (κ1) is 22.0. The van der Waals surface area contributed by atoms with Crippen LogP contribution in [0, 0.1) is 0 Å². The van der Waals surface area contributed by atoms with Crippen LogP contribution in [0.25, 0.3) is 10.6 Å². The molecule has 1 aromatic heterocycles. The van der Waals surface area contributed by atoms with E-state index >= 15 is 0 Å². The van der Waals surface area contributed by atoms with Gasteiger partial charge < -0.3 is 23.8 Å². The molecule has 2 amide bonds. The highest BCUT2D eigenvalue weighted by atomic mass is 32.1. The predicted molar refractivity (Wildman–Crippen MR) is 124 cm³/mol. The van der Waals surface area contributed by atoms with Crippen molar-refractivity contribution in [3.63, 3.8) is 0 Å². The minimum absolute atomic E-state index is 0.190. The van der Waals surface area contributed by atoms with Crippen molar-refractivity contribution in [2.75, 3.05) is 32.9 Å². The second-order valence-electron chi connectivity index (χ2n) is 7.73. The van der Waals surface area contributed by atoms with E-state index < -0.39 is 6.04 Å². The number of methoxy groups -OCH3 is 2. The molecular weight excluding hydrogens is 460 g/mol. The lowest BCUT2D eigenvalue weighted by Gasteiger charge is -2.24. The first-order valence-electron chi connectivity index (χ1n) is 10.6. The Morgan fingerprint density at radius 1 is 1.06 bits per heavy atom. The van der Waals surface area contributed by atoms with Crippen molar-refractivity contribution in [3.05, 3.63) is 42.0 Å². The van der Waals surface area contributed by atoms with Crippen LogP contribution in [0.4, 0.5) is 5.13 Å². The van der Waals surface area contributed by atoms with E-state index in [9.17, 15) is 9.59 Å². The number of nitrogens with zero attached hydrogens (tertiary/aromatic N) is 3. The third-order valence-corrected chi connectivity index (χ3v) is 6.58. The molecule has 0 unspecified atom stereocenters. The monoisotopic (exact) mass is 482 g/mol. The van der Waals surface area contributed by atoms with E-state index in [1.807, 2.05) is 18.2 Å². The van der Waals surface area contributed by atoms with E-state index in [4.69, 9.17) is 18.9 Å². The number of rotatable bonds is 6. The molecule has 10 nitrogen and oxygen atoms in total.